The summed E-state index contributed by atoms with van der Waals surface area (Å²) >= 11 is 3.46. The lowest BCUT2D eigenvalue weighted by molar-refractivity contribution is 0.117. The largest absolute Gasteiger partial charge is 0.449 e. The number of rotatable bonds is 2. The molecule has 17 heavy (non-hydrogen) atoms. The number of ether oxygens (including phenoxy) is 1. The molecule has 0 radical (unpaired) electrons. The Kier molecular flexibility index (Phi) is 3.69. The second-order valence-corrected chi connectivity index (χ2v) is 5.08. The van der Waals surface area contributed by atoms with E-state index in [-0.39, 0.29) is 12.0 Å². The summed E-state index contributed by atoms with van der Waals surface area (Å²) in [5, 5.41) is 0. The molecule has 1 fully saturated rings. The van der Waals surface area contributed by atoms with Crippen LogP contribution in [0.15, 0.2) is 22.7 Å². The molecule has 92 valence electrons. The van der Waals surface area contributed by atoms with E-state index in [0.717, 1.165) is 15.7 Å². The summed E-state index contributed by atoms with van der Waals surface area (Å²) in [4.78, 5) is 13.3. The Morgan fingerprint density at radius 3 is 3.00 bits per heavy atom. The standard InChI is InChI=1S/C12H15BrN2O2/c1-8-2-3-10(4-11(8)13)15-6-9(5-14)7-17-12(15)16/h2-4,9H,5-7,14H2,1H3. The van der Waals surface area contributed by atoms with Gasteiger partial charge in [-0.3, -0.25) is 4.90 Å². The number of amides is 1. The second kappa shape index (κ2) is 5.06. The number of aryl methyl sites for hydroxylation is 1. The Labute approximate surface area is 109 Å². The zero-order chi connectivity index (χ0) is 12.4. The highest BCUT2D eigenvalue weighted by molar-refractivity contribution is 9.10. The van der Waals surface area contributed by atoms with Crippen LogP contribution in [0.2, 0.25) is 0 Å². The van der Waals surface area contributed by atoms with Crippen molar-refractivity contribution in [2.75, 3.05) is 24.6 Å². The number of benzene rings is 1. The third kappa shape index (κ3) is 2.61. The van der Waals surface area contributed by atoms with Crippen molar-refractivity contribution in [3.8, 4) is 0 Å². The smallest absolute Gasteiger partial charge is 0.414 e. The minimum atomic E-state index is -0.301. The molecule has 5 heteroatoms. The molecule has 0 aliphatic carbocycles. The predicted molar refractivity (Wildman–Crippen MR) is 70.1 cm³/mol. The van der Waals surface area contributed by atoms with Gasteiger partial charge >= 0.3 is 6.09 Å². The fourth-order valence-corrected chi connectivity index (χ4v) is 2.12. The maximum absolute atomic E-state index is 11.7. The van der Waals surface area contributed by atoms with E-state index in [1.165, 1.54) is 0 Å². The number of nitrogens with zero attached hydrogens (tertiary/aromatic N) is 1. The molecule has 0 aromatic heterocycles. The van der Waals surface area contributed by atoms with Crippen LogP contribution < -0.4 is 10.6 Å². The molecule has 1 aliphatic rings. The van der Waals surface area contributed by atoms with Crippen LogP contribution in [0.1, 0.15) is 5.56 Å². The molecule has 1 aliphatic heterocycles. The number of carbonyl (C=O) groups excluding carboxylic acids is 1. The number of anilines is 1. The number of nitrogens with two attached hydrogens (primary N) is 1. The van der Waals surface area contributed by atoms with E-state index in [2.05, 4.69) is 15.9 Å². The lowest BCUT2D eigenvalue weighted by Crippen LogP contribution is -2.45. The van der Waals surface area contributed by atoms with Gasteiger partial charge in [0.1, 0.15) is 0 Å². The molecular weight excluding hydrogens is 284 g/mol. The van der Waals surface area contributed by atoms with Crippen molar-refractivity contribution in [2.24, 2.45) is 11.7 Å². The summed E-state index contributed by atoms with van der Waals surface area (Å²) in [7, 11) is 0. The van der Waals surface area contributed by atoms with Gasteiger partial charge in [-0.1, -0.05) is 22.0 Å². The van der Waals surface area contributed by atoms with E-state index in [1.807, 2.05) is 25.1 Å². The average Bonchev–Trinajstić information content (AvgIpc) is 2.33. The zero-order valence-corrected chi connectivity index (χ0v) is 11.2. The fraction of sp³-hybridized carbons (Fsp3) is 0.417. The van der Waals surface area contributed by atoms with E-state index < -0.39 is 0 Å². The number of hydrogen-bond donors (Lipinski definition) is 1. The fourth-order valence-electron chi connectivity index (χ4n) is 1.76. The van der Waals surface area contributed by atoms with Crippen molar-refractivity contribution in [1.29, 1.82) is 0 Å². The maximum Gasteiger partial charge on any atom is 0.414 e. The van der Waals surface area contributed by atoms with Gasteiger partial charge in [-0.2, -0.15) is 0 Å². The Hall–Kier alpha value is -1.07. The lowest BCUT2D eigenvalue weighted by atomic mass is 10.1. The van der Waals surface area contributed by atoms with Crippen molar-refractivity contribution in [2.45, 2.75) is 6.92 Å². The number of hydrogen-bond acceptors (Lipinski definition) is 3. The van der Waals surface area contributed by atoms with Gasteiger partial charge in [-0.25, -0.2) is 4.79 Å². The van der Waals surface area contributed by atoms with Crippen molar-refractivity contribution in [1.82, 2.24) is 0 Å². The van der Waals surface area contributed by atoms with Gasteiger partial charge in [-0.05, 0) is 24.6 Å². The highest BCUT2D eigenvalue weighted by Gasteiger charge is 2.27. The molecule has 2 rings (SSSR count). The van der Waals surface area contributed by atoms with Crippen LogP contribution >= 0.6 is 15.9 Å². The van der Waals surface area contributed by atoms with Crippen molar-refractivity contribution in [3.63, 3.8) is 0 Å². The van der Waals surface area contributed by atoms with Gasteiger partial charge in [0, 0.05) is 29.2 Å². The zero-order valence-electron chi connectivity index (χ0n) is 9.65. The summed E-state index contributed by atoms with van der Waals surface area (Å²) in [5.41, 5.74) is 7.59. The predicted octanol–water partition coefficient (Wildman–Crippen LogP) is 2.29. The molecule has 1 saturated heterocycles. The van der Waals surface area contributed by atoms with Gasteiger partial charge in [0.2, 0.25) is 0 Å². The summed E-state index contributed by atoms with van der Waals surface area (Å²) in [6, 6.07) is 5.81. The normalized spacial score (nSPS) is 20.3. The minimum absolute atomic E-state index is 0.202. The van der Waals surface area contributed by atoms with Crippen LogP contribution in [0.3, 0.4) is 0 Å². The first-order chi connectivity index (χ1) is 8.11. The molecule has 0 spiro atoms. The molecule has 2 N–H and O–H groups in total. The van der Waals surface area contributed by atoms with Crippen molar-refractivity contribution < 1.29 is 9.53 Å². The van der Waals surface area contributed by atoms with Gasteiger partial charge in [0.15, 0.2) is 0 Å². The molecule has 0 saturated carbocycles. The first-order valence-corrected chi connectivity index (χ1v) is 6.31. The van der Waals surface area contributed by atoms with Crippen molar-refractivity contribution in [3.05, 3.63) is 28.2 Å². The molecule has 4 nitrogen and oxygen atoms in total. The topological polar surface area (TPSA) is 55.6 Å². The minimum Gasteiger partial charge on any atom is -0.449 e. The van der Waals surface area contributed by atoms with Crippen LogP contribution in [0.25, 0.3) is 0 Å². The first-order valence-electron chi connectivity index (χ1n) is 5.52. The summed E-state index contributed by atoms with van der Waals surface area (Å²) < 4.78 is 6.09. The average molecular weight is 299 g/mol. The lowest BCUT2D eigenvalue weighted by Gasteiger charge is -2.31. The first kappa shape index (κ1) is 12.4. The maximum atomic E-state index is 11.7. The molecule has 1 aromatic carbocycles. The van der Waals surface area contributed by atoms with Gasteiger partial charge in [0.05, 0.1) is 6.61 Å². The highest BCUT2D eigenvalue weighted by atomic mass is 79.9. The van der Waals surface area contributed by atoms with Crippen LogP contribution in [0.4, 0.5) is 10.5 Å². The summed E-state index contributed by atoms with van der Waals surface area (Å²) in [6.45, 7) is 3.56. The van der Waals surface area contributed by atoms with E-state index in [9.17, 15) is 4.79 Å². The van der Waals surface area contributed by atoms with E-state index in [0.29, 0.717) is 19.7 Å². The molecule has 0 bridgehead atoms. The van der Waals surface area contributed by atoms with E-state index in [4.69, 9.17) is 10.5 Å². The quantitative estimate of drug-likeness (QED) is 0.911. The molecule has 1 unspecified atom stereocenters. The van der Waals surface area contributed by atoms with Gasteiger partial charge < -0.3 is 10.5 Å². The Morgan fingerprint density at radius 2 is 2.35 bits per heavy atom. The summed E-state index contributed by atoms with van der Waals surface area (Å²) in [6.07, 6.45) is -0.301. The Bertz CT molecular complexity index is 437. The third-order valence-corrected chi connectivity index (χ3v) is 3.76. The van der Waals surface area contributed by atoms with Crippen LogP contribution in [-0.2, 0) is 4.74 Å². The SMILES string of the molecule is Cc1ccc(N2CC(CN)COC2=O)cc1Br. The van der Waals surface area contributed by atoms with E-state index in [1.54, 1.807) is 4.90 Å². The Balaban J connectivity index is 2.24. The molecule has 1 heterocycles. The second-order valence-electron chi connectivity index (χ2n) is 4.22. The Morgan fingerprint density at radius 1 is 1.59 bits per heavy atom. The molecule has 1 amide bonds. The molecule has 1 aromatic rings. The van der Waals surface area contributed by atoms with Gasteiger partial charge in [-0.15, -0.1) is 0 Å². The molecular formula is C12H15BrN2O2. The number of halogens is 1. The number of carbonyl (C=O) groups is 1. The third-order valence-electron chi connectivity index (χ3n) is 2.90. The van der Waals surface area contributed by atoms with Crippen LogP contribution in [0, 0.1) is 12.8 Å². The van der Waals surface area contributed by atoms with Gasteiger partial charge in [0.25, 0.3) is 0 Å². The van der Waals surface area contributed by atoms with Crippen LogP contribution in [-0.4, -0.2) is 25.8 Å². The number of cyclic esters (lactones) is 1. The van der Waals surface area contributed by atoms with E-state index >= 15 is 0 Å². The molecule has 1 atom stereocenters. The van der Waals surface area contributed by atoms with Crippen molar-refractivity contribution >= 4 is 27.7 Å². The summed E-state index contributed by atoms with van der Waals surface area (Å²) in [5.74, 6) is 0.202. The van der Waals surface area contributed by atoms with Crippen LogP contribution in [0.5, 0.6) is 0 Å². The highest BCUT2D eigenvalue weighted by Crippen LogP contribution is 2.26. The monoisotopic (exact) mass is 298 g/mol.